The highest BCUT2D eigenvalue weighted by Crippen LogP contribution is 2.65. The highest BCUT2D eigenvalue weighted by molar-refractivity contribution is 5.97. The number of esters is 6. The van der Waals surface area contributed by atoms with E-state index in [1.807, 2.05) is 0 Å². The van der Waals surface area contributed by atoms with Crippen molar-refractivity contribution < 1.29 is 101 Å². The zero-order chi connectivity index (χ0) is 62.9. The third-order valence-electron chi connectivity index (χ3n) is 18.5. The molecule has 5 aliphatic carbocycles. The zero-order valence-corrected chi connectivity index (χ0v) is 49.0. The number of aliphatic hydroxyl groups is 1. The van der Waals surface area contributed by atoms with E-state index in [0.717, 1.165) is 38.8 Å². The Kier molecular flexibility index (Phi) is 18.3. The molecule has 2 bridgehead atoms. The largest absolute Gasteiger partial charge is 0.481 e. The van der Waals surface area contributed by atoms with Crippen LogP contribution in [0.15, 0.2) is 88.4 Å². The molecule has 6 aliphatic rings. The van der Waals surface area contributed by atoms with Crippen molar-refractivity contribution in [3.05, 3.63) is 111 Å². The summed E-state index contributed by atoms with van der Waals surface area (Å²) >= 11 is 0. The van der Waals surface area contributed by atoms with Crippen LogP contribution >= 0.6 is 0 Å². The van der Waals surface area contributed by atoms with Crippen molar-refractivity contribution in [2.24, 2.45) is 28.6 Å². The topological polar surface area (TPSA) is 356 Å². The number of fused-ring (bicyclic) bond motifs is 5. The molecule has 25 nitrogen and oxygen atoms in total. The van der Waals surface area contributed by atoms with E-state index >= 15 is 9.59 Å². The molecule has 4 saturated carbocycles. The quantitative estimate of drug-likeness (QED) is 0.0328. The van der Waals surface area contributed by atoms with Crippen LogP contribution < -0.4 is 10.6 Å². The molecule has 0 unspecified atom stereocenters. The lowest BCUT2D eigenvalue weighted by atomic mass is 9.44. The van der Waals surface area contributed by atoms with Gasteiger partial charge in [0.05, 0.1) is 41.4 Å². The predicted molar refractivity (Wildman–Crippen MR) is 297 cm³/mol. The highest BCUT2D eigenvalue weighted by Gasteiger charge is 2.79. The first-order valence-electron chi connectivity index (χ1n) is 29.2. The third kappa shape index (κ3) is 12.2. The van der Waals surface area contributed by atoms with E-state index in [2.05, 4.69) is 10.6 Å². The van der Waals surface area contributed by atoms with Gasteiger partial charge in [-0.1, -0.05) is 88.1 Å². The average Bonchev–Trinajstić information content (AvgIpc) is 0.873. The molecule has 1 saturated heterocycles. The van der Waals surface area contributed by atoms with Gasteiger partial charge >= 0.3 is 47.7 Å². The van der Waals surface area contributed by atoms with Gasteiger partial charge in [0.2, 0.25) is 12.0 Å². The van der Waals surface area contributed by atoms with E-state index in [0.29, 0.717) is 38.5 Å². The molecule has 2 aromatic carbocycles. The van der Waals surface area contributed by atoms with Gasteiger partial charge in [0, 0.05) is 38.5 Å². The maximum absolute atomic E-state index is 16.5. The molecule has 12 atom stereocenters. The molecule has 4 N–H and O–H groups in total. The highest BCUT2D eigenvalue weighted by atomic mass is 16.7. The van der Waals surface area contributed by atoms with Crippen LogP contribution in [0, 0.1) is 38.7 Å². The van der Waals surface area contributed by atoms with Gasteiger partial charge < -0.3 is 58.4 Å². The monoisotopic (exact) mass is 1210 g/mol. The lowest BCUT2D eigenvalue weighted by molar-refractivity contribution is -0.402. The number of ether oxygens (including phenoxy) is 7. The maximum atomic E-state index is 16.5. The number of benzene rings is 2. The number of rotatable bonds is 20. The second-order valence-corrected chi connectivity index (χ2v) is 24.2. The average molecular weight is 1210 g/mol. The van der Waals surface area contributed by atoms with Gasteiger partial charge in [0.15, 0.2) is 23.2 Å². The number of nitrogens with one attached hydrogen (secondary N) is 2. The SMILES string of the molecule is CC(=O)O[C@H]1C(=O)[C@]2(C)[C@@H](OC(=O)C3CCCC3)C[C@H]3OC[C@@]3(OC(C)=O)[C@H]2[C@H](OC(=O)c2ccccc2)[C@]2(O)C[C@H](OC(=O)[C@H](OC(=O)C3CCCC3)[C@@H](NC(=O)[C@@H](CCC(=O)O)NC(=O)c3ccc([N+](=O)[O-])o3)c3ccccc3)C(C)=C1C2(C)C. The Labute approximate surface area is 499 Å². The molecular formula is C62H71N3O22. The number of Topliss-reactive ketones (excluding diaryl/α,β-unsaturated/α-hetero) is 1. The summed E-state index contributed by atoms with van der Waals surface area (Å²) in [7, 11) is 0. The van der Waals surface area contributed by atoms with E-state index in [4.69, 9.17) is 37.6 Å². The number of aliphatic carboxylic acids is 1. The number of carboxylic acids is 1. The molecule has 466 valence electrons. The van der Waals surface area contributed by atoms with Crippen LogP contribution in [-0.4, -0.2) is 135 Å². The van der Waals surface area contributed by atoms with Gasteiger partial charge in [-0.05, 0) is 80.9 Å². The molecule has 2 heterocycles. The number of carbonyl (C=O) groups excluding carboxylic acids is 9. The van der Waals surface area contributed by atoms with Gasteiger partial charge in [-0.3, -0.25) is 48.5 Å². The van der Waals surface area contributed by atoms with Crippen LogP contribution in [0.1, 0.15) is 151 Å². The molecular weight excluding hydrogens is 1140 g/mol. The summed E-state index contributed by atoms with van der Waals surface area (Å²) in [4.78, 5) is 153. The number of hydrogen-bond donors (Lipinski definition) is 4. The van der Waals surface area contributed by atoms with E-state index in [1.54, 1.807) is 24.3 Å². The molecule has 5 fully saturated rings. The Morgan fingerprint density at radius 1 is 0.793 bits per heavy atom. The molecule has 25 heteroatoms. The molecule has 3 aromatic rings. The van der Waals surface area contributed by atoms with Crippen LogP contribution in [0.3, 0.4) is 0 Å². The fraction of sp³-hybridized carbons (Fsp3) is 0.548. The van der Waals surface area contributed by atoms with Crippen molar-refractivity contribution >= 4 is 65.3 Å². The Morgan fingerprint density at radius 2 is 1.41 bits per heavy atom. The van der Waals surface area contributed by atoms with Crippen molar-refractivity contribution in [1.82, 2.24) is 10.6 Å². The maximum Gasteiger partial charge on any atom is 0.433 e. The van der Waals surface area contributed by atoms with Crippen molar-refractivity contribution in [2.45, 2.75) is 179 Å². The normalized spacial score (nSPS) is 28.5. The molecule has 1 aromatic heterocycles. The Morgan fingerprint density at radius 3 is 1.98 bits per heavy atom. The predicted octanol–water partition coefficient (Wildman–Crippen LogP) is 6.07. The zero-order valence-electron chi connectivity index (χ0n) is 49.0. The standard InChI is InChI=1S/C62H71N3O22/c1-32-41(83-58(76)49(85-56(74)37-23-15-16-24-37)47(35-17-9-7-10-18-35)64-53(71)39(25-28-45(68)69)63-54(72)40-26-27-44(82-40)65(78)79)30-62(77)52(86-57(75)38-19-11-8-12-20-38)50-60(6,51(70)48(81-33(2)66)46(32)59(62,4)5)42(84-55(73)36-21-13-14-22-36)29-43-61(50,31-80-43)87-34(3)67/h7-12,17-20,26-27,36-37,39,41-43,47-50,52,77H,13-16,21-25,28-31H2,1-6H3,(H,63,72)(H,64,71)(H,68,69)/t39-,41+,42+,43-,47+,48-,49-,50+,52+,60-,61+,62-/m1/s1. The van der Waals surface area contributed by atoms with Gasteiger partial charge in [0.1, 0.15) is 47.0 Å². The van der Waals surface area contributed by atoms with Crippen molar-refractivity contribution in [3.8, 4) is 0 Å². The van der Waals surface area contributed by atoms with Crippen LogP contribution in [0.5, 0.6) is 0 Å². The minimum Gasteiger partial charge on any atom is -0.481 e. The van der Waals surface area contributed by atoms with Crippen LogP contribution in [0.25, 0.3) is 0 Å². The first-order valence-corrected chi connectivity index (χ1v) is 29.2. The minimum atomic E-state index is -2.61. The first kappa shape index (κ1) is 63.2. The Hall–Kier alpha value is -8.32. The summed E-state index contributed by atoms with van der Waals surface area (Å²) in [5.74, 6) is -14.7. The van der Waals surface area contributed by atoms with Crippen molar-refractivity contribution in [1.29, 1.82) is 0 Å². The van der Waals surface area contributed by atoms with Crippen LogP contribution in [0.4, 0.5) is 5.88 Å². The number of furan rings is 1. The van der Waals surface area contributed by atoms with Crippen LogP contribution in [0.2, 0.25) is 0 Å². The van der Waals surface area contributed by atoms with Gasteiger partial charge in [-0.25, -0.2) is 9.59 Å². The lowest BCUT2D eigenvalue weighted by Crippen LogP contribution is -2.82. The molecule has 2 amide bonds. The van der Waals surface area contributed by atoms with Gasteiger partial charge in [-0.2, -0.15) is 0 Å². The van der Waals surface area contributed by atoms with E-state index < -0.39 is 190 Å². The van der Waals surface area contributed by atoms with Crippen molar-refractivity contribution in [2.75, 3.05) is 6.61 Å². The molecule has 1 aliphatic heterocycles. The third-order valence-corrected chi connectivity index (χ3v) is 18.5. The number of hydrogen-bond acceptors (Lipinski definition) is 21. The number of nitrogens with zero attached hydrogens (tertiary/aromatic N) is 1. The number of ketones is 1. The summed E-state index contributed by atoms with van der Waals surface area (Å²) < 4.78 is 49.2. The summed E-state index contributed by atoms with van der Waals surface area (Å²) in [6.45, 7) is 7.64. The smallest absolute Gasteiger partial charge is 0.433 e. The van der Waals surface area contributed by atoms with E-state index in [1.165, 1.54) is 64.1 Å². The van der Waals surface area contributed by atoms with Gasteiger partial charge in [0.25, 0.3) is 5.91 Å². The lowest BCUT2D eigenvalue weighted by Gasteiger charge is -2.67. The van der Waals surface area contributed by atoms with E-state index in [9.17, 15) is 58.7 Å². The second kappa shape index (κ2) is 25.2. The second-order valence-electron chi connectivity index (χ2n) is 24.2. The Bertz CT molecular complexity index is 3240. The molecule has 87 heavy (non-hydrogen) atoms. The number of carbonyl (C=O) groups is 10. The minimum absolute atomic E-state index is 0.0175. The summed E-state index contributed by atoms with van der Waals surface area (Å²) in [5, 5.41) is 40.5. The fourth-order valence-electron chi connectivity index (χ4n) is 14.0. The number of carboxylic acid groups (broad SMARTS) is 1. The van der Waals surface area contributed by atoms with Gasteiger partial charge in [-0.15, -0.1) is 0 Å². The molecule has 0 radical (unpaired) electrons. The first-order chi connectivity index (χ1) is 41.2. The molecule has 9 rings (SSSR count). The van der Waals surface area contributed by atoms with Crippen molar-refractivity contribution in [3.63, 3.8) is 0 Å². The number of nitro groups is 1. The number of amides is 2. The summed E-state index contributed by atoms with van der Waals surface area (Å²) in [6.07, 6.45) is -8.29. The summed E-state index contributed by atoms with van der Waals surface area (Å²) in [5.41, 5.74) is -8.59. The fourth-order valence-corrected chi connectivity index (χ4v) is 14.0. The van der Waals surface area contributed by atoms with Crippen LogP contribution in [-0.2, 0) is 71.5 Å². The summed E-state index contributed by atoms with van der Waals surface area (Å²) in [6, 6.07) is 13.6. The Balaban J connectivity index is 1.19. The molecule has 0 spiro atoms. The van der Waals surface area contributed by atoms with E-state index in [-0.39, 0.29) is 28.7 Å².